The van der Waals surface area contributed by atoms with Gasteiger partial charge in [-0.2, -0.15) is 0 Å². The fourth-order valence-corrected chi connectivity index (χ4v) is 1.76. The minimum absolute atomic E-state index is 0.487. The van der Waals surface area contributed by atoms with Gasteiger partial charge >= 0.3 is 0 Å². The Bertz CT molecular complexity index is 547. The topological polar surface area (TPSA) is 60.4 Å². The molecular weight excluding hydrogens is 309 g/mol. The molecule has 76 valence electrons. The predicted octanol–water partition coefficient (Wildman–Crippen LogP) is 2.19. The summed E-state index contributed by atoms with van der Waals surface area (Å²) in [5.74, 6) is 0. The molecule has 2 rings (SSSR count). The standard InChI is InChI=1S/C9H6IN3O2/c10-8-6-11-9-5-7(1-3-12(8)9)2-4-13(14)15/h1-6H. The molecule has 0 aliphatic carbocycles. The third-order valence-corrected chi connectivity index (χ3v) is 2.68. The van der Waals surface area contributed by atoms with Crippen LogP contribution in [-0.4, -0.2) is 14.3 Å². The Morgan fingerprint density at radius 2 is 2.40 bits per heavy atom. The van der Waals surface area contributed by atoms with Gasteiger partial charge in [-0.15, -0.1) is 0 Å². The molecule has 0 bridgehead atoms. The Morgan fingerprint density at radius 1 is 1.60 bits per heavy atom. The lowest BCUT2D eigenvalue weighted by molar-refractivity contribution is -0.400. The number of hydrogen-bond acceptors (Lipinski definition) is 3. The van der Waals surface area contributed by atoms with Crippen LogP contribution in [0.3, 0.4) is 0 Å². The van der Waals surface area contributed by atoms with Crippen LogP contribution >= 0.6 is 22.6 Å². The normalized spacial score (nSPS) is 11.3. The molecule has 5 nitrogen and oxygen atoms in total. The number of nitrogens with zero attached hydrogens (tertiary/aromatic N) is 3. The Kier molecular flexibility index (Phi) is 2.67. The highest BCUT2D eigenvalue weighted by Crippen LogP contribution is 2.12. The Morgan fingerprint density at radius 3 is 3.13 bits per heavy atom. The molecule has 2 aromatic rings. The van der Waals surface area contributed by atoms with Crippen molar-refractivity contribution in [3.63, 3.8) is 0 Å². The van der Waals surface area contributed by atoms with E-state index in [2.05, 4.69) is 27.6 Å². The van der Waals surface area contributed by atoms with E-state index in [1.54, 1.807) is 18.3 Å². The first-order valence-corrected chi connectivity index (χ1v) is 5.19. The lowest BCUT2D eigenvalue weighted by atomic mass is 10.2. The average Bonchev–Trinajstić information content (AvgIpc) is 2.57. The summed E-state index contributed by atoms with van der Waals surface area (Å²) in [4.78, 5) is 13.8. The molecule has 2 aromatic heterocycles. The van der Waals surface area contributed by atoms with Crippen molar-refractivity contribution in [3.8, 4) is 0 Å². The third kappa shape index (κ3) is 2.14. The average molecular weight is 315 g/mol. The predicted molar refractivity (Wildman–Crippen MR) is 63.9 cm³/mol. The summed E-state index contributed by atoms with van der Waals surface area (Å²) >= 11 is 2.17. The van der Waals surface area contributed by atoms with E-state index in [9.17, 15) is 10.1 Å². The maximum Gasteiger partial charge on any atom is 0.235 e. The maximum absolute atomic E-state index is 10.1. The monoisotopic (exact) mass is 315 g/mol. The largest absolute Gasteiger partial charge is 0.295 e. The molecule has 0 amide bonds. The van der Waals surface area contributed by atoms with Crippen LogP contribution in [0.5, 0.6) is 0 Å². The minimum atomic E-state index is -0.487. The number of hydrogen-bond donors (Lipinski definition) is 0. The molecule has 0 aromatic carbocycles. The van der Waals surface area contributed by atoms with E-state index in [0.717, 1.165) is 21.1 Å². The van der Waals surface area contributed by atoms with Crippen molar-refractivity contribution in [2.45, 2.75) is 0 Å². The van der Waals surface area contributed by atoms with E-state index < -0.39 is 4.92 Å². The molecule has 0 saturated heterocycles. The van der Waals surface area contributed by atoms with Gasteiger partial charge < -0.3 is 0 Å². The number of halogens is 1. The molecule has 0 fully saturated rings. The molecule has 0 unspecified atom stereocenters. The fraction of sp³-hybridized carbons (Fsp3) is 0. The molecule has 0 atom stereocenters. The highest BCUT2D eigenvalue weighted by atomic mass is 127. The summed E-state index contributed by atoms with van der Waals surface area (Å²) in [5, 5.41) is 10.1. The summed E-state index contributed by atoms with van der Waals surface area (Å²) < 4.78 is 2.91. The van der Waals surface area contributed by atoms with Gasteiger partial charge in [-0.25, -0.2) is 4.98 Å². The highest BCUT2D eigenvalue weighted by molar-refractivity contribution is 14.1. The molecule has 15 heavy (non-hydrogen) atoms. The fourth-order valence-electron chi connectivity index (χ4n) is 1.22. The van der Waals surface area contributed by atoms with Crippen LogP contribution in [0, 0.1) is 13.8 Å². The van der Waals surface area contributed by atoms with Crippen molar-refractivity contribution < 1.29 is 4.92 Å². The number of fused-ring (bicyclic) bond motifs is 1. The number of pyridine rings is 1. The van der Waals surface area contributed by atoms with Crippen molar-refractivity contribution in [2.24, 2.45) is 0 Å². The van der Waals surface area contributed by atoms with Gasteiger partial charge in [0.1, 0.15) is 9.35 Å². The smallest absolute Gasteiger partial charge is 0.235 e. The molecule has 0 aliphatic rings. The number of rotatable bonds is 2. The second kappa shape index (κ2) is 3.97. The molecule has 0 N–H and O–H groups in total. The van der Waals surface area contributed by atoms with Gasteiger partial charge in [0, 0.05) is 12.3 Å². The van der Waals surface area contributed by atoms with Gasteiger partial charge in [0.05, 0.1) is 11.1 Å². The second-order valence-corrected chi connectivity index (χ2v) is 3.98. The molecule has 0 spiro atoms. The van der Waals surface area contributed by atoms with Gasteiger partial charge in [-0.3, -0.25) is 14.5 Å². The first-order chi connectivity index (χ1) is 7.16. The summed E-state index contributed by atoms with van der Waals surface area (Å²) in [6.07, 6.45) is 5.95. The highest BCUT2D eigenvalue weighted by Gasteiger charge is 1.99. The third-order valence-electron chi connectivity index (χ3n) is 1.88. The SMILES string of the molecule is O=[N+]([O-])C=Cc1ccn2c(I)cnc2c1. The lowest BCUT2D eigenvalue weighted by Gasteiger charge is -1.95. The van der Waals surface area contributed by atoms with E-state index in [1.165, 1.54) is 6.08 Å². The summed E-state index contributed by atoms with van der Waals surface area (Å²) in [6.45, 7) is 0. The zero-order valence-corrected chi connectivity index (χ0v) is 9.66. The van der Waals surface area contributed by atoms with Crippen molar-refractivity contribution in [1.29, 1.82) is 0 Å². The van der Waals surface area contributed by atoms with Crippen LogP contribution in [0.1, 0.15) is 5.56 Å². The maximum atomic E-state index is 10.1. The number of aromatic nitrogens is 2. The zero-order chi connectivity index (χ0) is 10.8. The van der Waals surface area contributed by atoms with E-state index >= 15 is 0 Å². The van der Waals surface area contributed by atoms with Crippen molar-refractivity contribution >= 4 is 34.3 Å². The molecule has 0 aliphatic heterocycles. The van der Waals surface area contributed by atoms with Gasteiger partial charge in [0.25, 0.3) is 0 Å². The molecular formula is C9H6IN3O2. The van der Waals surface area contributed by atoms with Gasteiger partial charge in [-0.1, -0.05) is 0 Å². The summed E-state index contributed by atoms with van der Waals surface area (Å²) in [6, 6.07) is 3.60. The van der Waals surface area contributed by atoms with Gasteiger partial charge in [0.15, 0.2) is 0 Å². The number of nitro groups is 1. The van der Waals surface area contributed by atoms with Crippen LogP contribution in [0.2, 0.25) is 0 Å². The first kappa shape index (κ1) is 10.1. The molecule has 0 radical (unpaired) electrons. The van der Waals surface area contributed by atoms with Crippen LogP contribution in [0.25, 0.3) is 11.7 Å². The Balaban J connectivity index is 2.43. The molecule has 2 heterocycles. The quantitative estimate of drug-likeness (QED) is 0.485. The van der Waals surface area contributed by atoms with Gasteiger partial charge in [0.2, 0.25) is 6.20 Å². The van der Waals surface area contributed by atoms with Crippen LogP contribution in [0.15, 0.2) is 30.7 Å². The van der Waals surface area contributed by atoms with Crippen molar-refractivity contribution in [2.75, 3.05) is 0 Å². The van der Waals surface area contributed by atoms with Crippen LogP contribution in [-0.2, 0) is 0 Å². The second-order valence-electron chi connectivity index (χ2n) is 2.87. The van der Waals surface area contributed by atoms with E-state index in [1.807, 2.05) is 10.6 Å². The van der Waals surface area contributed by atoms with Crippen LogP contribution < -0.4 is 0 Å². The van der Waals surface area contributed by atoms with E-state index in [0.29, 0.717) is 0 Å². The van der Waals surface area contributed by atoms with Crippen molar-refractivity contribution in [3.05, 3.63) is 50.1 Å². The lowest BCUT2D eigenvalue weighted by Crippen LogP contribution is -1.87. The molecule has 6 heteroatoms. The summed E-state index contributed by atoms with van der Waals surface area (Å²) in [7, 11) is 0. The molecule has 0 saturated carbocycles. The van der Waals surface area contributed by atoms with Crippen LogP contribution in [0.4, 0.5) is 0 Å². The summed E-state index contributed by atoms with van der Waals surface area (Å²) in [5.41, 5.74) is 1.55. The zero-order valence-electron chi connectivity index (χ0n) is 7.50. The minimum Gasteiger partial charge on any atom is -0.295 e. The first-order valence-electron chi connectivity index (χ1n) is 4.11. The van der Waals surface area contributed by atoms with Gasteiger partial charge in [-0.05, 0) is 40.3 Å². The van der Waals surface area contributed by atoms with E-state index in [-0.39, 0.29) is 0 Å². The Hall–Kier alpha value is -1.44. The number of imidazole rings is 1. The Labute approximate surface area is 98.7 Å². The van der Waals surface area contributed by atoms with Crippen molar-refractivity contribution in [1.82, 2.24) is 9.38 Å². The van der Waals surface area contributed by atoms with E-state index in [4.69, 9.17) is 0 Å².